The summed E-state index contributed by atoms with van der Waals surface area (Å²) in [7, 11) is 0. The Hall–Kier alpha value is -5.08. The van der Waals surface area contributed by atoms with Gasteiger partial charge in [-0.2, -0.15) is 0 Å². The minimum atomic E-state index is -0.263. The van der Waals surface area contributed by atoms with Gasteiger partial charge in [0.25, 0.3) is 0 Å². The minimum Gasteiger partial charge on any atom is -0.456 e. The molecule has 2 aromatic heterocycles. The molecule has 0 spiro atoms. The van der Waals surface area contributed by atoms with E-state index in [-0.39, 0.29) is 5.41 Å². The van der Waals surface area contributed by atoms with Crippen LogP contribution < -0.4 is 0 Å². The molecule has 3 aliphatic rings. The average molecular weight is 510 g/mol. The van der Waals surface area contributed by atoms with Gasteiger partial charge in [0.15, 0.2) is 0 Å². The molecule has 6 bridgehead atoms. The van der Waals surface area contributed by atoms with Crippen LogP contribution in [0.2, 0.25) is 0 Å². The molecule has 0 amide bonds. The summed E-state index contributed by atoms with van der Waals surface area (Å²) in [6.07, 6.45) is 0. The van der Waals surface area contributed by atoms with Crippen LogP contribution in [0.4, 0.5) is 0 Å². The van der Waals surface area contributed by atoms with E-state index in [0.717, 1.165) is 22.2 Å². The lowest BCUT2D eigenvalue weighted by atomic mass is 9.74. The molecule has 1 atom stereocenters. The Kier molecular flexibility index (Phi) is 3.60. The van der Waals surface area contributed by atoms with E-state index >= 15 is 0 Å². The lowest BCUT2D eigenvalue weighted by Crippen LogP contribution is -2.22. The Balaban J connectivity index is 1.47. The molecule has 0 radical (unpaired) electrons. The SMILES string of the molecule is CC12c3ccc(cc3)-c3cccc4oc5ccc(cc5c34)-n3c4ccccc4c4cc(c1cc43)-c1ccccc12. The summed E-state index contributed by atoms with van der Waals surface area (Å²) < 4.78 is 8.83. The molecule has 6 aromatic carbocycles. The third-order valence-corrected chi connectivity index (χ3v) is 9.62. The van der Waals surface area contributed by atoms with Crippen LogP contribution in [-0.4, -0.2) is 4.57 Å². The zero-order valence-electron chi connectivity index (χ0n) is 21.9. The molecule has 8 aromatic rings. The van der Waals surface area contributed by atoms with Crippen LogP contribution in [0.25, 0.3) is 71.7 Å². The molecule has 2 aliphatic heterocycles. The molecule has 4 heterocycles. The molecule has 0 saturated carbocycles. The summed E-state index contributed by atoms with van der Waals surface area (Å²) >= 11 is 0. The molecule has 186 valence electrons. The van der Waals surface area contributed by atoms with Gasteiger partial charge in [-0.15, -0.1) is 0 Å². The summed E-state index contributed by atoms with van der Waals surface area (Å²) in [6.45, 7) is 2.40. The highest BCUT2D eigenvalue weighted by atomic mass is 16.3. The quantitative estimate of drug-likeness (QED) is 0.199. The number of nitrogens with zero attached hydrogens (tertiary/aromatic N) is 1. The first kappa shape index (κ1) is 20.8. The summed E-state index contributed by atoms with van der Waals surface area (Å²) in [4.78, 5) is 0. The smallest absolute Gasteiger partial charge is 0.136 e. The number of para-hydroxylation sites is 1. The van der Waals surface area contributed by atoms with Gasteiger partial charge < -0.3 is 8.98 Å². The monoisotopic (exact) mass is 509 g/mol. The Bertz CT molecular complexity index is 2380. The highest BCUT2D eigenvalue weighted by molar-refractivity contribution is 6.15. The topological polar surface area (TPSA) is 18.1 Å². The first-order chi connectivity index (χ1) is 19.7. The molecule has 0 fully saturated rings. The third-order valence-electron chi connectivity index (χ3n) is 9.62. The van der Waals surface area contributed by atoms with Crippen LogP contribution in [0.3, 0.4) is 0 Å². The van der Waals surface area contributed by atoms with Gasteiger partial charge in [0, 0.05) is 32.6 Å². The largest absolute Gasteiger partial charge is 0.456 e. The fraction of sp³-hybridized carbons (Fsp3) is 0.0526. The van der Waals surface area contributed by atoms with Gasteiger partial charge in [0.1, 0.15) is 11.2 Å². The second kappa shape index (κ2) is 6.91. The maximum absolute atomic E-state index is 6.38. The predicted octanol–water partition coefficient (Wildman–Crippen LogP) is 10.00. The van der Waals surface area contributed by atoms with E-state index < -0.39 is 0 Å². The van der Waals surface area contributed by atoms with Crippen molar-refractivity contribution in [1.82, 2.24) is 4.57 Å². The molecule has 40 heavy (non-hydrogen) atoms. The van der Waals surface area contributed by atoms with E-state index in [9.17, 15) is 0 Å². The molecule has 11 rings (SSSR count). The lowest BCUT2D eigenvalue weighted by molar-refractivity contribution is 0.669. The van der Waals surface area contributed by atoms with Gasteiger partial charge in [-0.1, -0.05) is 78.9 Å². The molecule has 0 N–H and O–H groups in total. The van der Waals surface area contributed by atoms with E-state index in [1.165, 1.54) is 66.1 Å². The number of hydrogen-bond acceptors (Lipinski definition) is 1. The van der Waals surface area contributed by atoms with E-state index in [1.807, 2.05) is 0 Å². The highest BCUT2D eigenvalue weighted by Crippen LogP contribution is 2.54. The highest BCUT2D eigenvalue weighted by Gasteiger charge is 2.41. The van der Waals surface area contributed by atoms with E-state index in [4.69, 9.17) is 4.42 Å². The van der Waals surface area contributed by atoms with Gasteiger partial charge in [-0.05, 0) is 88.3 Å². The fourth-order valence-electron chi connectivity index (χ4n) is 7.72. The first-order valence-corrected chi connectivity index (χ1v) is 13.9. The number of furan rings is 1. The van der Waals surface area contributed by atoms with Crippen LogP contribution in [-0.2, 0) is 5.41 Å². The normalized spacial score (nSPS) is 16.7. The second-order valence-corrected chi connectivity index (χ2v) is 11.5. The van der Waals surface area contributed by atoms with Crippen molar-refractivity contribution < 1.29 is 4.42 Å². The third kappa shape index (κ3) is 2.33. The van der Waals surface area contributed by atoms with Crippen LogP contribution in [0.5, 0.6) is 0 Å². The van der Waals surface area contributed by atoms with Crippen molar-refractivity contribution in [3.63, 3.8) is 0 Å². The van der Waals surface area contributed by atoms with Crippen molar-refractivity contribution in [2.45, 2.75) is 12.3 Å². The molecular weight excluding hydrogens is 486 g/mol. The summed E-state index contributed by atoms with van der Waals surface area (Å²) in [5.74, 6) is 0. The molecule has 1 aliphatic carbocycles. The number of fused-ring (bicyclic) bond motifs is 6. The molecule has 1 unspecified atom stereocenters. The standard InChI is InChI=1S/C38H23NO/c1-38-23-15-13-22(14-16-23)25-9-6-12-36-37(25)30-19-24(17-18-35(30)40-36)39-33-11-5-3-8-27(33)29-20-28(32(38)21-34(29)39)26-7-2-4-10-31(26)38/h2-21H,1H3. The molecule has 2 nitrogen and oxygen atoms in total. The zero-order valence-corrected chi connectivity index (χ0v) is 21.9. The number of rotatable bonds is 0. The second-order valence-electron chi connectivity index (χ2n) is 11.5. The molecular formula is C38H23NO. The van der Waals surface area contributed by atoms with E-state index in [0.29, 0.717) is 0 Å². The Morgan fingerprint density at radius 2 is 1.38 bits per heavy atom. The molecule has 2 heteroatoms. The Morgan fingerprint density at radius 3 is 2.30 bits per heavy atom. The van der Waals surface area contributed by atoms with Crippen molar-refractivity contribution in [2.75, 3.05) is 0 Å². The summed E-state index contributed by atoms with van der Waals surface area (Å²) in [5.41, 5.74) is 14.3. The number of hydrogen-bond donors (Lipinski definition) is 0. The van der Waals surface area contributed by atoms with E-state index in [1.54, 1.807) is 0 Å². The van der Waals surface area contributed by atoms with Crippen molar-refractivity contribution in [3.8, 4) is 27.9 Å². The van der Waals surface area contributed by atoms with Crippen LogP contribution in [0, 0.1) is 0 Å². The van der Waals surface area contributed by atoms with Gasteiger partial charge >= 0.3 is 0 Å². The predicted molar refractivity (Wildman–Crippen MR) is 164 cm³/mol. The van der Waals surface area contributed by atoms with Crippen molar-refractivity contribution in [2.24, 2.45) is 0 Å². The van der Waals surface area contributed by atoms with Gasteiger partial charge in [-0.25, -0.2) is 0 Å². The number of aromatic nitrogens is 1. The van der Waals surface area contributed by atoms with Gasteiger partial charge in [-0.3, -0.25) is 0 Å². The maximum Gasteiger partial charge on any atom is 0.136 e. The first-order valence-electron chi connectivity index (χ1n) is 13.9. The van der Waals surface area contributed by atoms with Crippen molar-refractivity contribution in [1.29, 1.82) is 0 Å². The number of benzene rings is 6. The minimum absolute atomic E-state index is 0.263. The van der Waals surface area contributed by atoms with Gasteiger partial charge in [0.2, 0.25) is 0 Å². The molecule has 0 saturated heterocycles. The van der Waals surface area contributed by atoms with Crippen LogP contribution >= 0.6 is 0 Å². The fourth-order valence-corrected chi connectivity index (χ4v) is 7.72. The van der Waals surface area contributed by atoms with Crippen LogP contribution in [0.1, 0.15) is 23.6 Å². The summed E-state index contributed by atoms with van der Waals surface area (Å²) in [5, 5.41) is 4.88. The maximum atomic E-state index is 6.38. The Morgan fingerprint density at radius 1 is 0.550 bits per heavy atom. The summed E-state index contributed by atoms with van der Waals surface area (Å²) in [6, 6.07) is 45.0. The van der Waals surface area contributed by atoms with E-state index in [2.05, 4.69) is 133 Å². The van der Waals surface area contributed by atoms with Crippen molar-refractivity contribution in [3.05, 3.63) is 138 Å². The van der Waals surface area contributed by atoms with Gasteiger partial charge in [0.05, 0.1) is 11.0 Å². The average Bonchev–Trinajstić information content (AvgIpc) is 3.62. The van der Waals surface area contributed by atoms with Crippen LogP contribution in [0.15, 0.2) is 126 Å². The zero-order chi connectivity index (χ0) is 26.2. The van der Waals surface area contributed by atoms with Crippen molar-refractivity contribution >= 4 is 43.7 Å². The Labute approximate surface area is 230 Å². The lowest BCUT2D eigenvalue weighted by Gasteiger charge is -2.29.